The molecule has 3 heterocycles. The molecule has 0 saturated carbocycles. The highest BCUT2D eigenvalue weighted by Gasteiger charge is 2.66. The molecule has 0 unspecified atom stereocenters. The number of nitrogens with two attached hydrogens (primary N) is 1. The van der Waals surface area contributed by atoms with Crippen molar-refractivity contribution in [1.29, 1.82) is 0 Å². The average Bonchev–Trinajstić information content (AvgIpc) is 3.56. The van der Waals surface area contributed by atoms with Gasteiger partial charge in [0.1, 0.15) is 0 Å². The standard InChI is InChI=1S/C40H43N5O8Si/c1-24-37(54(2,3)52)35(20-36(47)43-22-28-9-5-4-8-27(28)18-32(43)23-46)53-40(24)33-19-31(45(50)51)15-16-34(33)44(39(40)49)21-25-7-6-10-30(17-25)42-38(48)26-11-13-29(41)14-12-26/h4-17,19,24,32,35,37,46,52H,18,20-23,41H2,1-3H3,(H,42,48)/t24-,32-,35+,37-,40+/m0/s1. The first-order chi connectivity index (χ1) is 25.7. The highest BCUT2D eigenvalue weighted by molar-refractivity contribution is 6.71. The molecule has 5 atom stereocenters. The third-order valence-electron chi connectivity index (χ3n) is 11.1. The van der Waals surface area contributed by atoms with E-state index in [2.05, 4.69) is 5.32 Å². The zero-order chi connectivity index (χ0) is 38.5. The van der Waals surface area contributed by atoms with Crippen LogP contribution >= 0.6 is 0 Å². The van der Waals surface area contributed by atoms with Crippen LogP contribution in [0.15, 0.2) is 91.0 Å². The van der Waals surface area contributed by atoms with E-state index >= 15 is 0 Å². The summed E-state index contributed by atoms with van der Waals surface area (Å²) in [6.45, 7) is 5.43. The first-order valence-electron chi connectivity index (χ1n) is 17.9. The third-order valence-corrected chi connectivity index (χ3v) is 13.6. The number of fused-ring (bicyclic) bond motifs is 3. The molecule has 3 aliphatic rings. The second-order valence-electron chi connectivity index (χ2n) is 15.0. The Morgan fingerprint density at radius 1 is 1.04 bits per heavy atom. The van der Waals surface area contributed by atoms with Crippen molar-refractivity contribution in [2.45, 2.75) is 69.2 Å². The van der Waals surface area contributed by atoms with Crippen molar-refractivity contribution >= 4 is 48.8 Å². The number of nitrogens with one attached hydrogen (secondary N) is 1. The van der Waals surface area contributed by atoms with E-state index in [0.29, 0.717) is 46.7 Å². The molecule has 13 nitrogen and oxygen atoms in total. The second kappa shape index (κ2) is 14.1. The number of carbonyl (C=O) groups is 3. The van der Waals surface area contributed by atoms with Crippen molar-refractivity contribution in [3.63, 3.8) is 0 Å². The summed E-state index contributed by atoms with van der Waals surface area (Å²) < 4.78 is 6.82. The van der Waals surface area contributed by atoms with Crippen LogP contribution in [-0.4, -0.2) is 64.5 Å². The summed E-state index contributed by atoms with van der Waals surface area (Å²) in [5, 5.41) is 25.2. The maximum atomic E-state index is 15.0. The van der Waals surface area contributed by atoms with Crippen molar-refractivity contribution < 1.29 is 33.9 Å². The van der Waals surface area contributed by atoms with Gasteiger partial charge in [-0.3, -0.25) is 24.5 Å². The number of hydrogen-bond acceptors (Lipinski definition) is 9. The Morgan fingerprint density at radius 3 is 2.44 bits per heavy atom. The molecule has 1 fully saturated rings. The lowest BCUT2D eigenvalue weighted by Gasteiger charge is -2.37. The number of aliphatic hydroxyl groups is 1. The summed E-state index contributed by atoms with van der Waals surface area (Å²) in [5.41, 5.74) is 8.12. The average molecular weight is 750 g/mol. The largest absolute Gasteiger partial charge is 0.432 e. The Kier molecular flexibility index (Phi) is 9.64. The first-order valence-corrected chi connectivity index (χ1v) is 21.0. The second-order valence-corrected chi connectivity index (χ2v) is 19.0. The van der Waals surface area contributed by atoms with Crippen LogP contribution in [0.2, 0.25) is 18.6 Å². The number of ether oxygens (including phenoxy) is 1. The summed E-state index contributed by atoms with van der Waals surface area (Å²) in [7, 11) is -3.18. The maximum absolute atomic E-state index is 15.0. The Morgan fingerprint density at radius 2 is 1.76 bits per heavy atom. The number of nitro benzene ring substituents is 1. The van der Waals surface area contributed by atoms with Gasteiger partial charge in [0.25, 0.3) is 17.5 Å². The van der Waals surface area contributed by atoms with Crippen molar-refractivity contribution in [3.8, 4) is 0 Å². The molecular weight excluding hydrogens is 707 g/mol. The highest BCUT2D eigenvalue weighted by Crippen LogP contribution is 2.60. The summed E-state index contributed by atoms with van der Waals surface area (Å²) in [4.78, 5) is 68.5. The Bertz CT molecular complexity index is 2140. The molecule has 1 saturated heterocycles. The molecule has 7 rings (SSSR count). The summed E-state index contributed by atoms with van der Waals surface area (Å²) in [6, 6.07) is 25.1. The normalized spacial score (nSPS) is 23.3. The van der Waals surface area contributed by atoms with Crippen LogP contribution in [0.4, 0.5) is 22.7 Å². The number of nitrogen functional groups attached to an aromatic ring is 1. The molecule has 0 radical (unpaired) electrons. The molecule has 280 valence electrons. The van der Waals surface area contributed by atoms with Gasteiger partial charge in [-0.2, -0.15) is 0 Å². The lowest BCUT2D eigenvalue weighted by atomic mass is 9.82. The molecule has 0 bridgehead atoms. The van der Waals surface area contributed by atoms with E-state index in [9.17, 15) is 34.4 Å². The minimum absolute atomic E-state index is 0.0482. The molecular formula is C40H43N5O8Si. The lowest BCUT2D eigenvalue weighted by Crippen LogP contribution is -2.48. The first kappa shape index (κ1) is 36.9. The summed E-state index contributed by atoms with van der Waals surface area (Å²) in [5.74, 6) is -1.74. The molecule has 0 aliphatic carbocycles. The SMILES string of the molecule is C[C@H]1[C@H]([Si](C)(C)O)[C@@H](CC(=O)N2Cc3ccccc3C[C@H]2CO)O[C@]12C(=O)N(Cc1cccc(NC(=O)c3ccc(N)cc3)c1)c1ccc([N+](=O)[O-])cc12. The van der Waals surface area contributed by atoms with Gasteiger partial charge in [0, 0.05) is 52.6 Å². The fourth-order valence-corrected chi connectivity index (χ4v) is 11.2. The highest BCUT2D eigenvalue weighted by atomic mass is 28.4. The topological polar surface area (TPSA) is 189 Å². The number of benzene rings is 4. The Hall–Kier alpha value is -5.41. The number of rotatable bonds is 9. The lowest BCUT2D eigenvalue weighted by molar-refractivity contribution is -0.385. The molecule has 0 aromatic heterocycles. The van der Waals surface area contributed by atoms with Crippen molar-refractivity contribution in [2.24, 2.45) is 5.92 Å². The van der Waals surface area contributed by atoms with E-state index in [0.717, 1.165) is 11.1 Å². The van der Waals surface area contributed by atoms with Crippen LogP contribution in [0.3, 0.4) is 0 Å². The van der Waals surface area contributed by atoms with Gasteiger partial charge in [-0.15, -0.1) is 0 Å². The van der Waals surface area contributed by atoms with Gasteiger partial charge in [-0.1, -0.05) is 43.3 Å². The molecule has 54 heavy (non-hydrogen) atoms. The van der Waals surface area contributed by atoms with Gasteiger partial charge in [0.15, 0.2) is 13.9 Å². The molecule has 14 heteroatoms. The fraction of sp³-hybridized carbons (Fsp3) is 0.325. The number of aliphatic hydroxyl groups excluding tert-OH is 1. The van der Waals surface area contributed by atoms with E-state index in [1.165, 1.54) is 23.1 Å². The number of non-ortho nitro benzene ring substituents is 1. The van der Waals surface area contributed by atoms with Crippen LogP contribution in [0.1, 0.15) is 46.0 Å². The Balaban J connectivity index is 1.21. The van der Waals surface area contributed by atoms with Crippen LogP contribution in [0, 0.1) is 16.0 Å². The van der Waals surface area contributed by atoms with E-state index in [1.807, 2.05) is 37.3 Å². The molecule has 4 aromatic carbocycles. The number of nitro groups is 1. The number of amides is 3. The minimum atomic E-state index is -3.18. The Labute approximate surface area is 313 Å². The zero-order valence-electron chi connectivity index (χ0n) is 30.3. The van der Waals surface area contributed by atoms with E-state index in [-0.39, 0.29) is 37.1 Å². The quantitative estimate of drug-likeness (QED) is 0.0781. The predicted molar refractivity (Wildman–Crippen MR) is 205 cm³/mol. The minimum Gasteiger partial charge on any atom is -0.432 e. The van der Waals surface area contributed by atoms with Gasteiger partial charge in [-0.25, -0.2) is 0 Å². The third kappa shape index (κ3) is 6.55. The molecule has 3 amide bonds. The van der Waals surface area contributed by atoms with E-state index in [4.69, 9.17) is 10.5 Å². The van der Waals surface area contributed by atoms with Gasteiger partial charge in [-0.05, 0) is 78.7 Å². The molecule has 4 aromatic rings. The summed E-state index contributed by atoms with van der Waals surface area (Å²) in [6.07, 6.45) is -0.553. The monoisotopic (exact) mass is 749 g/mol. The summed E-state index contributed by atoms with van der Waals surface area (Å²) >= 11 is 0. The molecule has 1 spiro atoms. The molecule has 5 N–H and O–H groups in total. The number of anilines is 3. The molecule has 3 aliphatic heterocycles. The van der Waals surface area contributed by atoms with Crippen LogP contribution in [0.25, 0.3) is 0 Å². The maximum Gasteiger partial charge on any atom is 0.269 e. The van der Waals surface area contributed by atoms with Crippen molar-refractivity contribution in [1.82, 2.24) is 4.90 Å². The van der Waals surface area contributed by atoms with Gasteiger partial charge >= 0.3 is 0 Å². The van der Waals surface area contributed by atoms with Crippen molar-refractivity contribution in [3.05, 3.63) is 129 Å². The predicted octanol–water partition coefficient (Wildman–Crippen LogP) is 5.11. The van der Waals surface area contributed by atoms with Gasteiger partial charge in [0.05, 0.1) is 42.3 Å². The van der Waals surface area contributed by atoms with Crippen LogP contribution in [0.5, 0.6) is 0 Å². The van der Waals surface area contributed by atoms with Crippen LogP contribution < -0.4 is 16.0 Å². The van der Waals surface area contributed by atoms with E-state index < -0.39 is 48.4 Å². The van der Waals surface area contributed by atoms with Gasteiger partial charge < -0.3 is 35.5 Å². The number of hydrogen-bond donors (Lipinski definition) is 4. The fourth-order valence-electron chi connectivity index (χ4n) is 8.64. The van der Waals surface area contributed by atoms with E-state index in [1.54, 1.807) is 60.5 Å². The smallest absolute Gasteiger partial charge is 0.269 e. The van der Waals surface area contributed by atoms with Gasteiger partial charge in [0.2, 0.25) is 5.91 Å². The zero-order valence-corrected chi connectivity index (χ0v) is 31.3. The van der Waals surface area contributed by atoms with Crippen LogP contribution in [-0.2, 0) is 39.4 Å². The number of carbonyl (C=O) groups excluding carboxylic acids is 3. The number of nitrogens with zero attached hydrogens (tertiary/aromatic N) is 3. The van der Waals surface area contributed by atoms with Crippen molar-refractivity contribution in [2.75, 3.05) is 22.6 Å².